The lowest BCUT2D eigenvalue weighted by Crippen LogP contribution is -2.00. The number of hydrogen-bond acceptors (Lipinski definition) is 1. The van der Waals surface area contributed by atoms with Crippen LogP contribution in [-0.4, -0.2) is 0 Å². The summed E-state index contributed by atoms with van der Waals surface area (Å²) in [5.41, 5.74) is 0.849. The molecule has 0 aliphatic carbocycles. The summed E-state index contributed by atoms with van der Waals surface area (Å²) in [6.45, 7) is 0.00190. The highest BCUT2D eigenvalue weighted by atomic mass is 35.5. The minimum absolute atomic E-state index is 0.00190. The normalized spacial score (nSPS) is 10.5. The Morgan fingerprint density at radius 1 is 1.00 bits per heavy atom. The number of ether oxygens (including phenoxy) is 1. The Labute approximate surface area is 119 Å². The second-order valence-corrected chi connectivity index (χ2v) is 4.61. The van der Waals surface area contributed by atoms with Crippen molar-refractivity contribution in [2.75, 3.05) is 0 Å². The SMILES string of the molecule is Fc1ccc(OCc2cc(Cl)ccc2F)c(CCl)c1. The summed E-state index contributed by atoms with van der Waals surface area (Å²) in [4.78, 5) is 0. The van der Waals surface area contributed by atoms with E-state index in [1.165, 1.54) is 36.4 Å². The van der Waals surface area contributed by atoms with Crippen molar-refractivity contribution in [3.8, 4) is 5.75 Å². The van der Waals surface area contributed by atoms with Gasteiger partial charge in [0.2, 0.25) is 0 Å². The highest BCUT2D eigenvalue weighted by molar-refractivity contribution is 6.30. The van der Waals surface area contributed by atoms with E-state index in [1.54, 1.807) is 0 Å². The fraction of sp³-hybridized carbons (Fsp3) is 0.143. The van der Waals surface area contributed by atoms with Crippen molar-refractivity contribution in [1.82, 2.24) is 0 Å². The van der Waals surface area contributed by atoms with E-state index in [1.807, 2.05) is 0 Å². The van der Waals surface area contributed by atoms with Crippen LogP contribution in [0.25, 0.3) is 0 Å². The molecule has 0 aliphatic heterocycles. The Morgan fingerprint density at radius 3 is 2.53 bits per heavy atom. The molecule has 1 nitrogen and oxygen atoms in total. The fourth-order valence-corrected chi connectivity index (χ4v) is 2.01. The first-order valence-corrected chi connectivity index (χ1v) is 6.42. The van der Waals surface area contributed by atoms with Crippen LogP contribution in [0.5, 0.6) is 5.75 Å². The summed E-state index contributed by atoms with van der Waals surface area (Å²) in [7, 11) is 0. The van der Waals surface area contributed by atoms with Crippen LogP contribution >= 0.6 is 23.2 Å². The van der Waals surface area contributed by atoms with Crippen molar-refractivity contribution in [2.45, 2.75) is 12.5 Å². The average Bonchev–Trinajstić information content (AvgIpc) is 2.40. The molecule has 0 radical (unpaired) electrons. The van der Waals surface area contributed by atoms with Gasteiger partial charge in [0, 0.05) is 16.1 Å². The summed E-state index contributed by atoms with van der Waals surface area (Å²) in [6.07, 6.45) is 0. The molecule has 2 aromatic carbocycles. The van der Waals surface area contributed by atoms with Crippen LogP contribution in [0.15, 0.2) is 36.4 Å². The number of halogens is 4. The third-order valence-corrected chi connectivity index (χ3v) is 3.08. The fourth-order valence-electron chi connectivity index (χ4n) is 1.60. The maximum absolute atomic E-state index is 13.5. The molecule has 2 aromatic rings. The molecule has 0 bridgehead atoms. The summed E-state index contributed by atoms with van der Waals surface area (Å²) in [6, 6.07) is 8.24. The summed E-state index contributed by atoms with van der Waals surface area (Å²) in [5, 5.41) is 0.427. The summed E-state index contributed by atoms with van der Waals surface area (Å²) >= 11 is 11.5. The number of rotatable bonds is 4. The Hall–Kier alpha value is -1.32. The van der Waals surface area contributed by atoms with Gasteiger partial charge in [0.15, 0.2) is 0 Å². The van der Waals surface area contributed by atoms with Gasteiger partial charge in [0.05, 0.1) is 5.88 Å². The van der Waals surface area contributed by atoms with E-state index in [4.69, 9.17) is 27.9 Å². The van der Waals surface area contributed by atoms with Crippen LogP contribution < -0.4 is 4.74 Å². The predicted molar refractivity (Wildman–Crippen MR) is 71.7 cm³/mol. The van der Waals surface area contributed by atoms with Crippen LogP contribution in [-0.2, 0) is 12.5 Å². The molecule has 2 rings (SSSR count). The highest BCUT2D eigenvalue weighted by Gasteiger charge is 2.08. The van der Waals surface area contributed by atoms with Gasteiger partial charge < -0.3 is 4.74 Å². The van der Waals surface area contributed by atoms with Crippen molar-refractivity contribution < 1.29 is 13.5 Å². The van der Waals surface area contributed by atoms with Crippen LogP contribution in [0, 0.1) is 11.6 Å². The van der Waals surface area contributed by atoms with Gasteiger partial charge in [-0.1, -0.05) is 11.6 Å². The third-order valence-electron chi connectivity index (χ3n) is 2.56. The summed E-state index contributed by atoms with van der Waals surface area (Å²) < 4.78 is 32.0. The quantitative estimate of drug-likeness (QED) is 0.727. The van der Waals surface area contributed by atoms with Gasteiger partial charge in [0.25, 0.3) is 0 Å². The second-order valence-electron chi connectivity index (χ2n) is 3.91. The predicted octanol–water partition coefficient (Wildman–Crippen LogP) is 4.94. The molecular formula is C14H10Cl2F2O. The largest absolute Gasteiger partial charge is 0.488 e. The van der Waals surface area contributed by atoms with Gasteiger partial charge in [0.1, 0.15) is 24.0 Å². The van der Waals surface area contributed by atoms with E-state index in [9.17, 15) is 8.78 Å². The molecule has 19 heavy (non-hydrogen) atoms. The lowest BCUT2D eigenvalue weighted by molar-refractivity contribution is 0.297. The topological polar surface area (TPSA) is 9.23 Å². The molecular weight excluding hydrogens is 293 g/mol. The smallest absolute Gasteiger partial charge is 0.129 e. The molecule has 0 saturated heterocycles. The molecule has 0 unspecified atom stereocenters. The molecule has 0 N–H and O–H groups in total. The first kappa shape index (κ1) is 14.1. The molecule has 0 saturated carbocycles. The molecule has 0 spiro atoms. The standard InChI is InChI=1S/C14H10Cl2F2O/c15-7-9-6-12(17)2-4-14(9)19-8-10-5-11(16)1-3-13(10)18/h1-6H,7-8H2. The minimum Gasteiger partial charge on any atom is -0.488 e. The molecule has 0 aliphatic rings. The van der Waals surface area contributed by atoms with E-state index in [0.29, 0.717) is 21.9 Å². The van der Waals surface area contributed by atoms with Gasteiger partial charge in [-0.05, 0) is 36.4 Å². The van der Waals surface area contributed by atoms with Crippen LogP contribution in [0.1, 0.15) is 11.1 Å². The van der Waals surface area contributed by atoms with Crippen molar-refractivity contribution in [1.29, 1.82) is 0 Å². The van der Waals surface area contributed by atoms with E-state index < -0.39 is 11.6 Å². The molecule has 0 atom stereocenters. The van der Waals surface area contributed by atoms with Gasteiger partial charge in [-0.3, -0.25) is 0 Å². The average molecular weight is 303 g/mol. The van der Waals surface area contributed by atoms with E-state index in [0.717, 1.165) is 0 Å². The summed E-state index contributed by atoms with van der Waals surface area (Å²) in [5.74, 6) is -0.253. The molecule has 0 heterocycles. The second kappa shape index (κ2) is 6.22. The van der Waals surface area contributed by atoms with Gasteiger partial charge >= 0.3 is 0 Å². The first-order chi connectivity index (χ1) is 9.10. The molecule has 100 valence electrons. The zero-order valence-corrected chi connectivity index (χ0v) is 11.3. The maximum atomic E-state index is 13.5. The van der Waals surface area contributed by atoms with Crippen LogP contribution in [0.4, 0.5) is 8.78 Å². The zero-order chi connectivity index (χ0) is 13.8. The lowest BCUT2D eigenvalue weighted by Gasteiger charge is -2.11. The molecule has 5 heteroatoms. The molecule has 0 fully saturated rings. The van der Waals surface area contributed by atoms with Crippen molar-refractivity contribution in [3.05, 3.63) is 64.2 Å². The van der Waals surface area contributed by atoms with Crippen LogP contribution in [0.2, 0.25) is 5.02 Å². The van der Waals surface area contributed by atoms with E-state index in [-0.39, 0.29) is 12.5 Å². The molecule has 0 amide bonds. The molecule has 0 aromatic heterocycles. The monoisotopic (exact) mass is 302 g/mol. The minimum atomic E-state index is -0.404. The van der Waals surface area contributed by atoms with Gasteiger partial charge in [-0.15, -0.1) is 11.6 Å². The van der Waals surface area contributed by atoms with Gasteiger partial charge in [-0.2, -0.15) is 0 Å². The maximum Gasteiger partial charge on any atom is 0.129 e. The first-order valence-electron chi connectivity index (χ1n) is 5.51. The number of benzene rings is 2. The van der Waals surface area contributed by atoms with Crippen molar-refractivity contribution >= 4 is 23.2 Å². The highest BCUT2D eigenvalue weighted by Crippen LogP contribution is 2.23. The van der Waals surface area contributed by atoms with E-state index in [2.05, 4.69) is 0 Å². The lowest BCUT2D eigenvalue weighted by atomic mass is 10.2. The van der Waals surface area contributed by atoms with Crippen molar-refractivity contribution in [2.24, 2.45) is 0 Å². The Bertz CT molecular complexity index is 588. The van der Waals surface area contributed by atoms with Crippen LogP contribution in [0.3, 0.4) is 0 Å². The number of alkyl halides is 1. The number of hydrogen-bond donors (Lipinski definition) is 0. The van der Waals surface area contributed by atoms with Crippen molar-refractivity contribution in [3.63, 3.8) is 0 Å². The Kier molecular flexibility index (Phi) is 4.61. The Morgan fingerprint density at radius 2 is 1.79 bits per heavy atom. The third kappa shape index (κ3) is 3.58. The Balaban J connectivity index is 2.16. The zero-order valence-electron chi connectivity index (χ0n) is 9.80. The van der Waals surface area contributed by atoms with Gasteiger partial charge in [-0.25, -0.2) is 8.78 Å². The van der Waals surface area contributed by atoms with E-state index >= 15 is 0 Å².